The third kappa shape index (κ3) is 5.62. The van der Waals surface area contributed by atoms with Crippen LogP contribution in [-0.4, -0.2) is 45.1 Å². The summed E-state index contributed by atoms with van der Waals surface area (Å²) in [7, 11) is -1.77. The van der Waals surface area contributed by atoms with Crippen LogP contribution in [0.1, 0.15) is 28.8 Å². The molecule has 0 bridgehead atoms. The molecule has 1 amide bonds. The molecule has 2 aromatic carbocycles. The Bertz CT molecular complexity index is 980. The average molecular weight is 420 g/mol. The number of nitrogens with one attached hydrogen (secondary N) is 2. The molecule has 0 radical (unpaired) electrons. The summed E-state index contributed by atoms with van der Waals surface area (Å²) in [6.07, 6.45) is 1.77. The first-order valence-corrected chi connectivity index (χ1v) is 11.2. The van der Waals surface area contributed by atoms with Crippen LogP contribution in [0.15, 0.2) is 42.5 Å². The number of likely N-dealkylation sites (tertiary alicyclic amines) is 1. The van der Waals surface area contributed by atoms with Gasteiger partial charge in [0.2, 0.25) is 10.0 Å². The van der Waals surface area contributed by atoms with Crippen LogP contribution in [0, 0.1) is 18.7 Å². The molecule has 156 valence electrons. The van der Waals surface area contributed by atoms with Crippen molar-refractivity contribution in [1.29, 1.82) is 0 Å². The summed E-state index contributed by atoms with van der Waals surface area (Å²) >= 11 is 0. The molecule has 8 heteroatoms. The van der Waals surface area contributed by atoms with E-state index in [1.807, 2.05) is 37.4 Å². The molecule has 1 unspecified atom stereocenters. The van der Waals surface area contributed by atoms with E-state index in [0.29, 0.717) is 17.7 Å². The van der Waals surface area contributed by atoms with Crippen molar-refractivity contribution >= 4 is 15.9 Å². The van der Waals surface area contributed by atoms with Crippen LogP contribution in [0.5, 0.6) is 0 Å². The SMILES string of the molecule is Cc1cc(-c2ccccc2)cc(C(=O)NNS(=O)(=O)CC2CCCN(C)C2)c1F. The molecule has 1 aliphatic heterocycles. The molecule has 29 heavy (non-hydrogen) atoms. The van der Waals surface area contributed by atoms with Gasteiger partial charge in [0.25, 0.3) is 5.91 Å². The molecule has 0 aromatic heterocycles. The summed E-state index contributed by atoms with van der Waals surface area (Å²) < 4.78 is 39.2. The fourth-order valence-corrected chi connectivity index (χ4v) is 4.91. The zero-order valence-electron chi connectivity index (χ0n) is 16.6. The van der Waals surface area contributed by atoms with Crippen molar-refractivity contribution in [3.63, 3.8) is 0 Å². The summed E-state index contributed by atoms with van der Waals surface area (Å²) in [5.41, 5.74) is 3.78. The molecular formula is C21H26FN3O3S. The quantitative estimate of drug-likeness (QED) is 0.706. The number of hydrogen-bond donors (Lipinski definition) is 2. The molecule has 3 rings (SSSR count). The van der Waals surface area contributed by atoms with Crippen molar-refractivity contribution in [3.8, 4) is 11.1 Å². The smallest absolute Gasteiger partial charge is 0.269 e. The number of nitrogens with zero attached hydrogens (tertiary/aromatic N) is 1. The Kier molecular flexibility index (Phi) is 6.66. The molecule has 6 nitrogen and oxygen atoms in total. The van der Waals surface area contributed by atoms with Gasteiger partial charge in [-0.2, -0.15) is 0 Å². The number of carbonyl (C=O) groups is 1. The van der Waals surface area contributed by atoms with Gasteiger partial charge >= 0.3 is 0 Å². The van der Waals surface area contributed by atoms with Gasteiger partial charge in [-0.1, -0.05) is 30.3 Å². The second kappa shape index (κ2) is 9.02. The monoisotopic (exact) mass is 419 g/mol. The predicted molar refractivity (Wildman–Crippen MR) is 111 cm³/mol. The Morgan fingerprint density at radius 1 is 1.21 bits per heavy atom. The van der Waals surface area contributed by atoms with Crippen molar-refractivity contribution in [2.24, 2.45) is 5.92 Å². The van der Waals surface area contributed by atoms with E-state index in [4.69, 9.17) is 0 Å². The number of carbonyl (C=O) groups excluding carboxylic acids is 1. The number of sulfonamides is 1. The van der Waals surface area contributed by atoms with Crippen molar-refractivity contribution in [1.82, 2.24) is 15.2 Å². The van der Waals surface area contributed by atoms with Gasteiger partial charge in [0.05, 0.1) is 11.3 Å². The fraction of sp³-hybridized carbons (Fsp3) is 0.381. The first kappa shape index (κ1) is 21.4. The highest BCUT2D eigenvalue weighted by atomic mass is 32.2. The standard InChI is InChI=1S/C21H26FN3O3S/c1-15-11-18(17-8-4-3-5-9-17)12-19(20(15)22)21(26)23-24-29(27,28)14-16-7-6-10-25(2)13-16/h3-5,8-9,11-12,16,24H,6-7,10,13-14H2,1-2H3,(H,23,26). The van der Waals surface area contributed by atoms with Gasteiger partial charge in [0.15, 0.2) is 0 Å². The van der Waals surface area contributed by atoms with Crippen LogP contribution < -0.4 is 10.3 Å². The van der Waals surface area contributed by atoms with Crippen LogP contribution in [0.4, 0.5) is 4.39 Å². The van der Waals surface area contributed by atoms with Gasteiger partial charge in [-0.05, 0) is 68.1 Å². The minimum atomic E-state index is -3.72. The number of rotatable bonds is 6. The summed E-state index contributed by atoms with van der Waals surface area (Å²) in [6, 6.07) is 12.4. The maximum atomic E-state index is 14.5. The van der Waals surface area contributed by atoms with Crippen molar-refractivity contribution in [3.05, 3.63) is 59.4 Å². The molecule has 0 saturated carbocycles. The van der Waals surface area contributed by atoms with Gasteiger partial charge < -0.3 is 4.90 Å². The second-order valence-electron chi connectivity index (χ2n) is 7.63. The zero-order chi connectivity index (χ0) is 21.0. The van der Waals surface area contributed by atoms with E-state index in [0.717, 1.165) is 24.9 Å². The third-order valence-corrected chi connectivity index (χ3v) is 6.43. The van der Waals surface area contributed by atoms with Crippen LogP contribution in [0.2, 0.25) is 0 Å². The largest absolute Gasteiger partial charge is 0.306 e. The number of aryl methyl sites for hydroxylation is 1. The van der Waals surface area contributed by atoms with Gasteiger partial charge in [0.1, 0.15) is 5.82 Å². The van der Waals surface area contributed by atoms with Crippen molar-refractivity contribution in [2.45, 2.75) is 19.8 Å². The topological polar surface area (TPSA) is 78.5 Å². The van der Waals surface area contributed by atoms with Crippen molar-refractivity contribution < 1.29 is 17.6 Å². The number of hydrogen-bond acceptors (Lipinski definition) is 4. The molecule has 1 atom stereocenters. The normalized spacial score (nSPS) is 17.8. The number of benzene rings is 2. The van der Waals surface area contributed by atoms with Crippen molar-refractivity contribution in [2.75, 3.05) is 25.9 Å². The molecule has 1 saturated heterocycles. The molecule has 0 spiro atoms. The summed E-state index contributed by atoms with van der Waals surface area (Å²) in [5, 5.41) is 0. The Labute approximate surface area is 171 Å². The summed E-state index contributed by atoms with van der Waals surface area (Å²) in [6.45, 7) is 3.22. The molecular weight excluding hydrogens is 393 g/mol. The molecule has 1 heterocycles. The van der Waals surface area contributed by atoms with Gasteiger partial charge in [-0.25, -0.2) is 12.8 Å². The molecule has 2 aromatic rings. The minimum absolute atomic E-state index is 0.00328. The van der Waals surface area contributed by atoms with E-state index in [1.54, 1.807) is 13.0 Å². The van der Waals surface area contributed by atoms with Gasteiger partial charge in [-0.3, -0.25) is 10.2 Å². The van der Waals surface area contributed by atoms with Crippen LogP contribution in [0.3, 0.4) is 0 Å². The number of hydrazine groups is 1. The lowest BCUT2D eigenvalue weighted by molar-refractivity contribution is 0.0940. The lowest BCUT2D eigenvalue weighted by atomic mass is 9.99. The number of piperidine rings is 1. The van der Waals surface area contributed by atoms with E-state index < -0.39 is 21.7 Å². The van der Waals surface area contributed by atoms with E-state index in [9.17, 15) is 17.6 Å². The van der Waals surface area contributed by atoms with Gasteiger partial charge in [-0.15, -0.1) is 4.83 Å². The fourth-order valence-electron chi connectivity index (χ4n) is 3.68. The highest BCUT2D eigenvalue weighted by Crippen LogP contribution is 2.24. The van der Waals surface area contributed by atoms with Crippen LogP contribution in [-0.2, 0) is 10.0 Å². The van der Waals surface area contributed by atoms with E-state index >= 15 is 0 Å². The van der Waals surface area contributed by atoms with Crippen LogP contribution >= 0.6 is 0 Å². The van der Waals surface area contributed by atoms with Gasteiger partial charge in [0, 0.05) is 6.54 Å². The Hall–Kier alpha value is -2.29. The first-order chi connectivity index (χ1) is 13.7. The first-order valence-electron chi connectivity index (χ1n) is 9.59. The predicted octanol–water partition coefficient (Wildman–Crippen LogP) is 2.71. The van der Waals surface area contributed by atoms with E-state index in [1.165, 1.54) is 6.07 Å². The van der Waals surface area contributed by atoms with E-state index in [2.05, 4.69) is 15.2 Å². The minimum Gasteiger partial charge on any atom is -0.306 e. The number of halogens is 1. The summed E-state index contributed by atoms with van der Waals surface area (Å²) in [5.74, 6) is -1.57. The maximum Gasteiger partial charge on any atom is 0.269 e. The lowest BCUT2D eigenvalue weighted by Gasteiger charge is -2.29. The highest BCUT2D eigenvalue weighted by molar-refractivity contribution is 7.89. The molecule has 1 aliphatic rings. The molecule has 0 aliphatic carbocycles. The number of amides is 1. The lowest BCUT2D eigenvalue weighted by Crippen LogP contribution is -2.45. The molecule has 1 fully saturated rings. The second-order valence-corrected chi connectivity index (χ2v) is 9.40. The summed E-state index contributed by atoms with van der Waals surface area (Å²) in [4.78, 5) is 16.7. The zero-order valence-corrected chi connectivity index (χ0v) is 17.4. The van der Waals surface area contributed by atoms with Crippen LogP contribution in [0.25, 0.3) is 11.1 Å². The Morgan fingerprint density at radius 3 is 2.62 bits per heavy atom. The maximum absolute atomic E-state index is 14.5. The third-order valence-electron chi connectivity index (χ3n) is 5.10. The Balaban J connectivity index is 1.71. The van der Waals surface area contributed by atoms with E-state index in [-0.39, 0.29) is 17.2 Å². The molecule has 2 N–H and O–H groups in total. The Morgan fingerprint density at radius 2 is 1.93 bits per heavy atom. The highest BCUT2D eigenvalue weighted by Gasteiger charge is 2.24. The average Bonchev–Trinajstić information content (AvgIpc) is 2.68.